The molecule has 0 saturated carbocycles. The average molecular weight is 353 g/mol. The number of imidazole rings is 1. The van der Waals surface area contributed by atoms with Crippen molar-refractivity contribution in [3.05, 3.63) is 48.5 Å². The third-order valence-electron chi connectivity index (χ3n) is 3.71. The Morgan fingerprint density at radius 2 is 1.96 bits per heavy atom. The largest absolute Gasteiger partial charge is 0.453 e. The number of aromatic nitrogens is 2. The average Bonchev–Trinajstić information content (AvgIpc) is 2.99. The maximum Gasteiger partial charge on any atom is 0.413 e. The lowest BCUT2D eigenvalue weighted by molar-refractivity contribution is 0.186. The standard InChI is InChI=1S/C18H19N5O3/c1-22(2)12-7-6-8-13(11-12)26-16(19)23-15-10-5-4-9-14(15)20-17(23)21-18(24)25-3/h4-11,19H,1-3H3,(H,20,21,24). The fourth-order valence-corrected chi connectivity index (χ4v) is 2.44. The highest BCUT2D eigenvalue weighted by atomic mass is 16.5. The second kappa shape index (κ2) is 7.14. The van der Waals surface area contributed by atoms with Crippen LogP contribution in [0.4, 0.5) is 16.4 Å². The van der Waals surface area contributed by atoms with E-state index in [1.807, 2.05) is 49.3 Å². The van der Waals surface area contributed by atoms with Crippen LogP contribution in [-0.4, -0.2) is 42.9 Å². The van der Waals surface area contributed by atoms with Gasteiger partial charge in [0.2, 0.25) is 5.95 Å². The first kappa shape index (κ1) is 17.3. The van der Waals surface area contributed by atoms with Gasteiger partial charge in [0, 0.05) is 25.8 Å². The number of anilines is 2. The molecular formula is C18H19N5O3. The first-order chi connectivity index (χ1) is 12.5. The molecule has 2 N–H and O–H groups in total. The Balaban J connectivity index is 1.98. The molecule has 134 valence electrons. The number of hydrogen-bond donors (Lipinski definition) is 2. The summed E-state index contributed by atoms with van der Waals surface area (Å²) in [6, 6.07) is 14.4. The summed E-state index contributed by atoms with van der Waals surface area (Å²) in [5.41, 5.74) is 2.20. The summed E-state index contributed by atoms with van der Waals surface area (Å²) in [7, 11) is 5.11. The molecule has 0 unspecified atom stereocenters. The van der Waals surface area contributed by atoms with Crippen LogP contribution in [0.2, 0.25) is 0 Å². The summed E-state index contributed by atoms with van der Waals surface area (Å²) in [6.07, 6.45) is -0.677. The van der Waals surface area contributed by atoms with E-state index in [1.165, 1.54) is 11.7 Å². The number of nitrogens with one attached hydrogen (secondary N) is 2. The van der Waals surface area contributed by atoms with E-state index in [0.29, 0.717) is 16.8 Å². The minimum absolute atomic E-state index is 0.145. The number of fused-ring (bicyclic) bond motifs is 1. The predicted octanol–water partition coefficient (Wildman–Crippen LogP) is 3.14. The zero-order chi connectivity index (χ0) is 18.7. The summed E-state index contributed by atoms with van der Waals surface area (Å²) >= 11 is 0. The molecule has 0 radical (unpaired) electrons. The summed E-state index contributed by atoms with van der Waals surface area (Å²) in [5, 5.41) is 10.9. The van der Waals surface area contributed by atoms with Crippen molar-refractivity contribution in [2.75, 3.05) is 31.4 Å². The van der Waals surface area contributed by atoms with Crippen LogP contribution in [0.25, 0.3) is 11.0 Å². The van der Waals surface area contributed by atoms with Gasteiger partial charge in [-0.05, 0) is 24.3 Å². The minimum Gasteiger partial charge on any atom is -0.453 e. The van der Waals surface area contributed by atoms with Gasteiger partial charge < -0.3 is 14.4 Å². The fourth-order valence-electron chi connectivity index (χ4n) is 2.44. The number of methoxy groups -OCH3 is 1. The highest BCUT2D eigenvalue weighted by Gasteiger charge is 2.18. The monoisotopic (exact) mass is 353 g/mol. The van der Waals surface area contributed by atoms with E-state index < -0.39 is 6.09 Å². The molecule has 1 amide bonds. The molecule has 3 aromatic rings. The highest BCUT2D eigenvalue weighted by Crippen LogP contribution is 2.23. The van der Waals surface area contributed by atoms with Gasteiger partial charge in [0.25, 0.3) is 0 Å². The molecular weight excluding hydrogens is 334 g/mol. The van der Waals surface area contributed by atoms with E-state index in [4.69, 9.17) is 10.1 Å². The number of hydrogen-bond acceptors (Lipinski definition) is 6. The molecule has 2 aromatic carbocycles. The maximum atomic E-state index is 11.6. The summed E-state index contributed by atoms with van der Waals surface area (Å²) < 4.78 is 11.7. The first-order valence-electron chi connectivity index (χ1n) is 7.86. The second-order valence-corrected chi connectivity index (χ2v) is 5.68. The lowest BCUT2D eigenvalue weighted by Crippen LogP contribution is -2.23. The van der Waals surface area contributed by atoms with E-state index in [1.54, 1.807) is 18.2 Å². The van der Waals surface area contributed by atoms with Crippen LogP contribution in [0, 0.1) is 5.41 Å². The van der Waals surface area contributed by atoms with Crippen molar-refractivity contribution in [2.24, 2.45) is 0 Å². The Bertz CT molecular complexity index is 964. The summed E-state index contributed by atoms with van der Waals surface area (Å²) in [4.78, 5) is 17.9. The molecule has 0 atom stereocenters. The second-order valence-electron chi connectivity index (χ2n) is 5.68. The predicted molar refractivity (Wildman–Crippen MR) is 100 cm³/mol. The Morgan fingerprint density at radius 3 is 2.69 bits per heavy atom. The number of para-hydroxylation sites is 2. The topological polar surface area (TPSA) is 92.5 Å². The molecule has 0 aliphatic rings. The Morgan fingerprint density at radius 1 is 1.19 bits per heavy atom. The third-order valence-corrected chi connectivity index (χ3v) is 3.71. The van der Waals surface area contributed by atoms with E-state index in [2.05, 4.69) is 15.0 Å². The lowest BCUT2D eigenvalue weighted by atomic mass is 10.3. The van der Waals surface area contributed by atoms with Gasteiger partial charge in [-0.1, -0.05) is 18.2 Å². The van der Waals surface area contributed by atoms with E-state index >= 15 is 0 Å². The quantitative estimate of drug-likeness (QED) is 0.557. The molecule has 26 heavy (non-hydrogen) atoms. The molecule has 0 aliphatic heterocycles. The molecule has 8 nitrogen and oxygen atoms in total. The van der Waals surface area contributed by atoms with Crippen LogP contribution in [0.3, 0.4) is 0 Å². The molecule has 0 saturated heterocycles. The van der Waals surface area contributed by atoms with Crippen LogP contribution in [0.5, 0.6) is 5.75 Å². The van der Waals surface area contributed by atoms with Gasteiger partial charge in [0.15, 0.2) is 0 Å². The number of nitrogens with zero attached hydrogens (tertiary/aromatic N) is 3. The SMILES string of the molecule is COC(=O)Nc1nc2ccccc2n1C(=N)Oc1cccc(N(C)C)c1. The van der Waals surface area contributed by atoms with Crippen molar-refractivity contribution in [1.82, 2.24) is 9.55 Å². The Kier molecular flexibility index (Phi) is 4.74. The van der Waals surface area contributed by atoms with Gasteiger partial charge >= 0.3 is 12.1 Å². The van der Waals surface area contributed by atoms with Crippen LogP contribution in [0.1, 0.15) is 0 Å². The van der Waals surface area contributed by atoms with E-state index in [9.17, 15) is 4.79 Å². The number of carbonyl (C=O) groups excluding carboxylic acids is 1. The van der Waals surface area contributed by atoms with Crippen LogP contribution < -0.4 is 15.0 Å². The van der Waals surface area contributed by atoms with Crippen LogP contribution in [-0.2, 0) is 4.74 Å². The molecule has 0 spiro atoms. The maximum absolute atomic E-state index is 11.6. The lowest BCUT2D eigenvalue weighted by Gasteiger charge is -2.15. The van der Waals surface area contributed by atoms with Crippen molar-refractivity contribution in [3.63, 3.8) is 0 Å². The molecule has 0 aliphatic carbocycles. The Hall–Kier alpha value is -3.55. The zero-order valence-corrected chi connectivity index (χ0v) is 14.7. The van der Waals surface area contributed by atoms with Crippen LogP contribution >= 0.6 is 0 Å². The molecule has 3 rings (SSSR count). The Labute approximate surface area is 150 Å². The highest BCUT2D eigenvalue weighted by molar-refractivity contribution is 5.95. The van der Waals surface area contributed by atoms with Crippen molar-refractivity contribution < 1.29 is 14.3 Å². The van der Waals surface area contributed by atoms with Gasteiger partial charge in [-0.25, -0.2) is 14.3 Å². The summed E-state index contributed by atoms with van der Waals surface area (Å²) in [6.45, 7) is 0. The number of benzene rings is 2. The van der Waals surface area contributed by atoms with Crippen LogP contribution in [0.15, 0.2) is 48.5 Å². The van der Waals surface area contributed by atoms with Gasteiger partial charge in [0.05, 0.1) is 18.1 Å². The summed E-state index contributed by atoms with van der Waals surface area (Å²) in [5.74, 6) is 0.648. The molecule has 8 heteroatoms. The number of rotatable bonds is 3. The molecule has 1 aromatic heterocycles. The first-order valence-corrected chi connectivity index (χ1v) is 7.86. The number of amides is 1. The third kappa shape index (κ3) is 3.44. The van der Waals surface area contributed by atoms with E-state index in [0.717, 1.165) is 5.69 Å². The van der Waals surface area contributed by atoms with Crippen molar-refractivity contribution in [3.8, 4) is 5.75 Å². The molecule has 1 heterocycles. The zero-order valence-electron chi connectivity index (χ0n) is 14.7. The van der Waals surface area contributed by atoms with Gasteiger partial charge in [-0.2, -0.15) is 0 Å². The van der Waals surface area contributed by atoms with Gasteiger partial charge in [0.1, 0.15) is 5.75 Å². The normalized spacial score (nSPS) is 10.4. The molecule has 0 fully saturated rings. The number of carbonyl (C=O) groups is 1. The fraction of sp³-hybridized carbons (Fsp3) is 0.167. The van der Waals surface area contributed by atoms with Crippen molar-refractivity contribution >= 4 is 34.8 Å². The van der Waals surface area contributed by atoms with Gasteiger partial charge in [-0.15, -0.1) is 0 Å². The van der Waals surface area contributed by atoms with E-state index in [-0.39, 0.29) is 12.0 Å². The molecule has 0 bridgehead atoms. The van der Waals surface area contributed by atoms with Gasteiger partial charge in [-0.3, -0.25) is 10.7 Å². The van der Waals surface area contributed by atoms with Crippen molar-refractivity contribution in [2.45, 2.75) is 0 Å². The smallest absolute Gasteiger partial charge is 0.413 e. The van der Waals surface area contributed by atoms with Crippen molar-refractivity contribution in [1.29, 1.82) is 5.41 Å². The minimum atomic E-state index is -0.677. The number of ether oxygens (including phenoxy) is 2.